The summed E-state index contributed by atoms with van der Waals surface area (Å²) in [7, 11) is 0. The van der Waals surface area contributed by atoms with Gasteiger partial charge in [-0.1, -0.05) is 19.4 Å². The normalized spacial score (nSPS) is 19.6. The van der Waals surface area contributed by atoms with Gasteiger partial charge in [0.15, 0.2) is 11.2 Å². The summed E-state index contributed by atoms with van der Waals surface area (Å²) >= 11 is 0. The first-order valence-corrected chi connectivity index (χ1v) is 9.16. The maximum atomic E-state index is 13.1. The van der Waals surface area contributed by atoms with Gasteiger partial charge in [-0.15, -0.1) is 0 Å². The topological polar surface area (TPSA) is 59.8 Å². The van der Waals surface area contributed by atoms with E-state index in [1.165, 1.54) is 12.5 Å². The minimum Gasteiger partial charge on any atom is -0.451 e. The van der Waals surface area contributed by atoms with Crippen LogP contribution in [0.3, 0.4) is 0 Å². The predicted molar refractivity (Wildman–Crippen MR) is 94.7 cm³/mol. The van der Waals surface area contributed by atoms with Crippen molar-refractivity contribution in [3.63, 3.8) is 0 Å². The van der Waals surface area contributed by atoms with Gasteiger partial charge in [-0.2, -0.15) is 0 Å². The van der Waals surface area contributed by atoms with E-state index < -0.39 is 5.72 Å². The minimum atomic E-state index is -0.505. The van der Waals surface area contributed by atoms with Gasteiger partial charge < -0.3 is 14.1 Å². The Morgan fingerprint density at radius 2 is 2.00 bits per heavy atom. The second kappa shape index (κ2) is 6.30. The molecule has 0 radical (unpaired) electrons. The first-order chi connectivity index (χ1) is 12.1. The Kier molecular flexibility index (Phi) is 4.12. The summed E-state index contributed by atoms with van der Waals surface area (Å²) in [5.41, 5.74) is 0.867. The van der Waals surface area contributed by atoms with Crippen molar-refractivity contribution >= 4 is 16.9 Å². The summed E-state index contributed by atoms with van der Waals surface area (Å²) in [6.45, 7) is 3.14. The summed E-state index contributed by atoms with van der Waals surface area (Å²) in [6, 6.07) is 6.89. The Labute approximate surface area is 146 Å². The van der Waals surface area contributed by atoms with Crippen LogP contribution in [-0.2, 0) is 11.2 Å². The van der Waals surface area contributed by atoms with Crippen LogP contribution in [0.2, 0.25) is 0 Å². The number of hydrogen-bond donors (Lipinski definition) is 0. The molecule has 5 heteroatoms. The zero-order valence-electron chi connectivity index (χ0n) is 14.5. The Morgan fingerprint density at radius 1 is 1.20 bits per heavy atom. The molecule has 2 fully saturated rings. The van der Waals surface area contributed by atoms with Gasteiger partial charge in [-0.05, 0) is 49.8 Å². The highest BCUT2D eigenvalue weighted by Crippen LogP contribution is 2.38. The molecule has 1 spiro atoms. The number of hydrogen-bond acceptors (Lipinski definition) is 4. The molecule has 2 aromatic rings. The third-order valence-corrected chi connectivity index (χ3v) is 5.47. The van der Waals surface area contributed by atoms with Crippen molar-refractivity contribution in [3.8, 4) is 0 Å². The molecule has 0 bridgehead atoms. The van der Waals surface area contributed by atoms with Crippen LogP contribution in [0.15, 0.2) is 33.5 Å². The molecule has 25 heavy (non-hydrogen) atoms. The SMILES string of the molecule is CCc1ccc2oc(C(=O)N3CCOC34CCCCC4)cc(=O)c2c1. The number of nitrogens with zero attached hydrogens (tertiary/aromatic N) is 1. The molecular formula is C20H23NO4. The number of benzene rings is 1. The number of fused-ring (bicyclic) bond motifs is 1. The zero-order chi connectivity index (χ0) is 17.4. The second-order valence-electron chi connectivity index (χ2n) is 6.97. The molecule has 2 heterocycles. The van der Waals surface area contributed by atoms with Crippen molar-refractivity contribution in [1.82, 2.24) is 4.90 Å². The Balaban J connectivity index is 1.71. The molecule has 1 aliphatic heterocycles. The molecule has 1 aliphatic carbocycles. The van der Waals surface area contributed by atoms with E-state index >= 15 is 0 Å². The average molecular weight is 341 g/mol. The van der Waals surface area contributed by atoms with Crippen LogP contribution in [0.4, 0.5) is 0 Å². The van der Waals surface area contributed by atoms with E-state index in [0.29, 0.717) is 24.1 Å². The maximum Gasteiger partial charge on any atom is 0.292 e. The fourth-order valence-electron chi connectivity index (χ4n) is 4.08. The second-order valence-corrected chi connectivity index (χ2v) is 6.97. The molecule has 0 atom stereocenters. The number of amides is 1. The van der Waals surface area contributed by atoms with Gasteiger partial charge in [0, 0.05) is 12.6 Å². The quantitative estimate of drug-likeness (QED) is 0.839. The van der Waals surface area contributed by atoms with Gasteiger partial charge in [-0.3, -0.25) is 9.59 Å². The summed E-state index contributed by atoms with van der Waals surface area (Å²) < 4.78 is 11.8. The van der Waals surface area contributed by atoms with Crippen LogP contribution in [0.25, 0.3) is 11.0 Å². The van der Waals surface area contributed by atoms with Crippen molar-refractivity contribution in [2.24, 2.45) is 0 Å². The van der Waals surface area contributed by atoms with E-state index in [2.05, 4.69) is 0 Å². The molecule has 1 saturated heterocycles. The predicted octanol–water partition coefficient (Wildman–Crippen LogP) is 3.49. The van der Waals surface area contributed by atoms with E-state index in [9.17, 15) is 9.59 Å². The first kappa shape index (κ1) is 16.3. The molecule has 1 saturated carbocycles. The Morgan fingerprint density at radius 3 is 2.76 bits per heavy atom. The van der Waals surface area contributed by atoms with Crippen molar-refractivity contribution in [3.05, 3.63) is 45.8 Å². The van der Waals surface area contributed by atoms with Gasteiger partial charge in [0.2, 0.25) is 0 Å². The molecule has 1 amide bonds. The van der Waals surface area contributed by atoms with Crippen LogP contribution < -0.4 is 5.43 Å². The largest absolute Gasteiger partial charge is 0.451 e. The summed E-state index contributed by atoms with van der Waals surface area (Å²) in [6.07, 6.45) is 5.87. The van der Waals surface area contributed by atoms with E-state index in [1.54, 1.807) is 11.0 Å². The van der Waals surface area contributed by atoms with Crippen molar-refractivity contribution < 1.29 is 13.9 Å². The third-order valence-electron chi connectivity index (χ3n) is 5.47. The lowest BCUT2D eigenvalue weighted by atomic mass is 9.90. The van der Waals surface area contributed by atoms with E-state index in [0.717, 1.165) is 37.7 Å². The van der Waals surface area contributed by atoms with Gasteiger partial charge >= 0.3 is 0 Å². The van der Waals surface area contributed by atoms with E-state index in [4.69, 9.17) is 9.15 Å². The molecule has 132 valence electrons. The van der Waals surface area contributed by atoms with Crippen molar-refractivity contribution in [1.29, 1.82) is 0 Å². The van der Waals surface area contributed by atoms with Gasteiger partial charge in [-0.25, -0.2) is 0 Å². The van der Waals surface area contributed by atoms with Crippen LogP contribution in [-0.4, -0.2) is 29.7 Å². The smallest absolute Gasteiger partial charge is 0.292 e. The molecule has 1 aromatic heterocycles. The monoisotopic (exact) mass is 341 g/mol. The lowest BCUT2D eigenvalue weighted by Crippen LogP contribution is -2.49. The Hall–Kier alpha value is -2.14. The van der Waals surface area contributed by atoms with Gasteiger partial charge in [0.05, 0.1) is 12.0 Å². The third kappa shape index (κ3) is 2.76. The van der Waals surface area contributed by atoms with Crippen LogP contribution in [0, 0.1) is 0 Å². The number of rotatable bonds is 2. The minimum absolute atomic E-state index is 0.109. The van der Waals surface area contributed by atoms with E-state index in [-0.39, 0.29) is 17.1 Å². The first-order valence-electron chi connectivity index (χ1n) is 9.16. The highest BCUT2D eigenvalue weighted by molar-refractivity contribution is 5.93. The molecular weight excluding hydrogens is 318 g/mol. The summed E-state index contributed by atoms with van der Waals surface area (Å²) in [5, 5.41) is 0.529. The molecule has 0 N–H and O–H groups in total. The van der Waals surface area contributed by atoms with Crippen molar-refractivity contribution in [2.75, 3.05) is 13.2 Å². The van der Waals surface area contributed by atoms with Crippen molar-refractivity contribution in [2.45, 2.75) is 51.2 Å². The summed E-state index contributed by atoms with van der Waals surface area (Å²) in [4.78, 5) is 27.3. The number of ether oxygens (including phenoxy) is 1. The molecule has 1 aromatic carbocycles. The van der Waals surface area contributed by atoms with E-state index in [1.807, 2.05) is 19.1 Å². The molecule has 5 nitrogen and oxygen atoms in total. The fourth-order valence-corrected chi connectivity index (χ4v) is 4.08. The highest BCUT2D eigenvalue weighted by Gasteiger charge is 2.46. The van der Waals surface area contributed by atoms with Gasteiger partial charge in [0.25, 0.3) is 5.91 Å². The van der Waals surface area contributed by atoms with Crippen LogP contribution in [0.1, 0.15) is 55.1 Å². The molecule has 2 aliphatic rings. The fraction of sp³-hybridized carbons (Fsp3) is 0.500. The molecule has 4 rings (SSSR count). The highest BCUT2D eigenvalue weighted by atomic mass is 16.5. The summed E-state index contributed by atoms with van der Waals surface area (Å²) in [5.74, 6) is -0.129. The Bertz CT molecular complexity index is 864. The zero-order valence-corrected chi connectivity index (χ0v) is 14.5. The lowest BCUT2D eigenvalue weighted by molar-refractivity contribution is -0.0925. The van der Waals surface area contributed by atoms with Gasteiger partial charge in [0.1, 0.15) is 11.3 Å². The number of carbonyl (C=O) groups excluding carboxylic acids is 1. The lowest BCUT2D eigenvalue weighted by Gasteiger charge is -2.39. The molecule has 0 unspecified atom stereocenters. The standard InChI is InChI=1S/C20H23NO4/c1-2-14-6-7-17-15(12-14)16(22)13-18(25-17)19(23)21-10-11-24-20(21)8-4-3-5-9-20/h6-7,12-13H,2-5,8-11H2,1H3. The number of carbonyl (C=O) groups is 1. The van der Waals surface area contributed by atoms with Crippen LogP contribution in [0.5, 0.6) is 0 Å². The average Bonchev–Trinajstić information content (AvgIpc) is 3.04. The maximum absolute atomic E-state index is 13.1. The number of aryl methyl sites for hydroxylation is 1. The van der Waals surface area contributed by atoms with Crippen LogP contribution >= 0.6 is 0 Å².